The van der Waals surface area contributed by atoms with Gasteiger partial charge in [0.1, 0.15) is 5.69 Å². The Kier molecular flexibility index (Phi) is 1.59. The minimum absolute atomic E-state index is 0.507. The smallest absolute Gasteiger partial charge is 0.168 e. The minimum atomic E-state index is 0.507. The second-order valence-electron chi connectivity index (χ2n) is 2.35. The Bertz CT molecular complexity index is 436. The van der Waals surface area contributed by atoms with Gasteiger partial charge in [-0.1, -0.05) is 11.6 Å². The number of fused-ring (bicyclic) bond motifs is 1. The predicted molar refractivity (Wildman–Crippen MR) is 45.6 cm³/mol. The lowest BCUT2D eigenvalue weighted by molar-refractivity contribution is 0.111. The van der Waals surface area contributed by atoms with Crippen molar-refractivity contribution in [3.05, 3.63) is 35.2 Å². The molecule has 0 radical (unpaired) electrons. The summed E-state index contributed by atoms with van der Waals surface area (Å²) in [5, 5.41) is 0.547. The van der Waals surface area contributed by atoms with Crippen molar-refractivity contribution in [3.8, 4) is 0 Å². The molecule has 0 aliphatic rings. The first kappa shape index (κ1) is 7.31. The molecule has 2 aromatic rings. The zero-order valence-corrected chi connectivity index (χ0v) is 6.82. The monoisotopic (exact) mass is 180 g/mol. The molecule has 0 saturated carbocycles. The summed E-state index contributed by atoms with van der Waals surface area (Å²) in [5.74, 6) is 0. The van der Waals surface area contributed by atoms with Crippen molar-refractivity contribution in [1.82, 2.24) is 9.38 Å². The van der Waals surface area contributed by atoms with E-state index in [1.807, 2.05) is 0 Å². The standard InChI is InChI=1S/C8H5ClN2O/c9-7-2-1-3-11-6(5-12)4-10-8(7)11/h1-5H. The van der Waals surface area contributed by atoms with Crippen LogP contribution in [0.1, 0.15) is 10.5 Å². The van der Waals surface area contributed by atoms with Crippen LogP contribution in [0.5, 0.6) is 0 Å². The minimum Gasteiger partial charge on any atom is -0.296 e. The van der Waals surface area contributed by atoms with Gasteiger partial charge in [-0.25, -0.2) is 4.98 Å². The van der Waals surface area contributed by atoms with Crippen molar-refractivity contribution in [3.63, 3.8) is 0 Å². The van der Waals surface area contributed by atoms with Crippen LogP contribution in [-0.4, -0.2) is 15.7 Å². The Morgan fingerprint density at radius 2 is 2.42 bits per heavy atom. The van der Waals surface area contributed by atoms with E-state index in [1.54, 1.807) is 22.7 Å². The topological polar surface area (TPSA) is 34.4 Å². The first-order chi connectivity index (χ1) is 5.83. The number of aromatic nitrogens is 2. The van der Waals surface area contributed by atoms with Gasteiger partial charge in [0.2, 0.25) is 0 Å². The molecule has 0 aromatic carbocycles. The van der Waals surface area contributed by atoms with E-state index in [1.165, 1.54) is 6.20 Å². The lowest BCUT2D eigenvalue weighted by Crippen LogP contribution is -1.89. The van der Waals surface area contributed by atoms with Crippen molar-refractivity contribution >= 4 is 23.5 Å². The van der Waals surface area contributed by atoms with Crippen LogP contribution in [0.4, 0.5) is 0 Å². The summed E-state index contributed by atoms with van der Waals surface area (Å²) in [6, 6.07) is 3.50. The number of imidazole rings is 1. The molecule has 0 aliphatic heterocycles. The third kappa shape index (κ3) is 0.905. The Morgan fingerprint density at radius 3 is 3.17 bits per heavy atom. The average molecular weight is 181 g/mol. The molecule has 0 aliphatic carbocycles. The van der Waals surface area contributed by atoms with Gasteiger partial charge in [-0.15, -0.1) is 0 Å². The van der Waals surface area contributed by atoms with Gasteiger partial charge in [-0.3, -0.25) is 9.20 Å². The van der Waals surface area contributed by atoms with E-state index in [0.717, 1.165) is 6.29 Å². The van der Waals surface area contributed by atoms with Crippen molar-refractivity contribution in [2.24, 2.45) is 0 Å². The molecule has 0 spiro atoms. The molecule has 12 heavy (non-hydrogen) atoms. The van der Waals surface area contributed by atoms with E-state index >= 15 is 0 Å². The summed E-state index contributed by atoms with van der Waals surface area (Å²) in [7, 11) is 0. The van der Waals surface area contributed by atoms with E-state index in [-0.39, 0.29) is 0 Å². The maximum absolute atomic E-state index is 10.5. The summed E-state index contributed by atoms with van der Waals surface area (Å²) in [5.41, 5.74) is 1.12. The third-order valence-electron chi connectivity index (χ3n) is 1.64. The highest BCUT2D eigenvalue weighted by molar-refractivity contribution is 6.33. The van der Waals surface area contributed by atoms with E-state index in [4.69, 9.17) is 11.6 Å². The number of pyridine rings is 1. The number of halogens is 1. The Labute approximate surface area is 73.6 Å². The Balaban J connectivity index is 2.88. The van der Waals surface area contributed by atoms with Gasteiger partial charge in [0.05, 0.1) is 11.2 Å². The fourth-order valence-electron chi connectivity index (χ4n) is 1.08. The summed E-state index contributed by atoms with van der Waals surface area (Å²) in [4.78, 5) is 14.5. The largest absolute Gasteiger partial charge is 0.296 e. The van der Waals surface area contributed by atoms with Gasteiger partial charge in [0, 0.05) is 6.20 Å². The molecule has 2 rings (SSSR count). The number of rotatable bonds is 1. The predicted octanol–water partition coefficient (Wildman–Crippen LogP) is 1.80. The van der Waals surface area contributed by atoms with Crippen molar-refractivity contribution in [1.29, 1.82) is 0 Å². The molecule has 4 heteroatoms. The lowest BCUT2D eigenvalue weighted by Gasteiger charge is -1.94. The molecular weight excluding hydrogens is 176 g/mol. The van der Waals surface area contributed by atoms with Crippen molar-refractivity contribution in [2.45, 2.75) is 0 Å². The Hall–Kier alpha value is -1.35. The second-order valence-corrected chi connectivity index (χ2v) is 2.76. The van der Waals surface area contributed by atoms with Crippen LogP contribution in [0, 0.1) is 0 Å². The van der Waals surface area contributed by atoms with Gasteiger partial charge in [0.15, 0.2) is 11.9 Å². The average Bonchev–Trinajstić information content (AvgIpc) is 2.49. The van der Waals surface area contributed by atoms with Gasteiger partial charge in [-0.2, -0.15) is 0 Å². The first-order valence-electron chi connectivity index (χ1n) is 3.39. The fourth-order valence-corrected chi connectivity index (χ4v) is 1.30. The van der Waals surface area contributed by atoms with Crippen LogP contribution in [0.15, 0.2) is 24.5 Å². The normalized spacial score (nSPS) is 10.4. The molecule has 3 nitrogen and oxygen atoms in total. The Morgan fingerprint density at radius 1 is 1.58 bits per heavy atom. The zero-order valence-electron chi connectivity index (χ0n) is 6.07. The molecule has 60 valence electrons. The molecule has 0 unspecified atom stereocenters. The number of hydrogen-bond acceptors (Lipinski definition) is 2. The van der Waals surface area contributed by atoms with Crippen LogP contribution in [0.25, 0.3) is 5.65 Å². The van der Waals surface area contributed by atoms with Crippen molar-refractivity contribution in [2.75, 3.05) is 0 Å². The van der Waals surface area contributed by atoms with Gasteiger partial charge < -0.3 is 0 Å². The quantitative estimate of drug-likeness (QED) is 0.628. The SMILES string of the molecule is O=Cc1cnc2c(Cl)cccn12. The third-order valence-corrected chi connectivity index (χ3v) is 1.93. The number of carbonyl (C=O) groups excluding carboxylic acids is 1. The summed E-state index contributed by atoms with van der Waals surface area (Å²) in [6.45, 7) is 0. The van der Waals surface area contributed by atoms with Crippen LogP contribution >= 0.6 is 11.6 Å². The van der Waals surface area contributed by atoms with E-state index in [9.17, 15) is 4.79 Å². The van der Waals surface area contributed by atoms with Gasteiger partial charge >= 0.3 is 0 Å². The maximum atomic E-state index is 10.5. The highest BCUT2D eigenvalue weighted by Gasteiger charge is 2.03. The molecular formula is C8H5ClN2O. The summed E-state index contributed by atoms with van der Waals surface area (Å²) in [6.07, 6.45) is 3.99. The molecule has 0 N–H and O–H groups in total. The summed E-state index contributed by atoms with van der Waals surface area (Å²) >= 11 is 5.83. The molecule has 0 saturated heterocycles. The summed E-state index contributed by atoms with van der Waals surface area (Å²) < 4.78 is 1.65. The highest BCUT2D eigenvalue weighted by atomic mass is 35.5. The highest BCUT2D eigenvalue weighted by Crippen LogP contribution is 2.15. The lowest BCUT2D eigenvalue weighted by atomic mass is 10.4. The number of nitrogens with zero attached hydrogens (tertiary/aromatic N) is 2. The van der Waals surface area contributed by atoms with Crippen LogP contribution in [0.2, 0.25) is 5.02 Å². The number of carbonyl (C=O) groups is 1. The van der Waals surface area contributed by atoms with Crippen LogP contribution in [-0.2, 0) is 0 Å². The van der Waals surface area contributed by atoms with E-state index in [2.05, 4.69) is 4.98 Å². The molecule has 0 amide bonds. The van der Waals surface area contributed by atoms with Crippen LogP contribution in [0.3, 0.4) is 0 Å². The van der Waals surface area contributed by atoms with Gasteiger partial charge in [0.25, 0.3) is 0 Å². The molecule has 2 heterocycles. The maximum Gasteiger partial charge on any atom is 0.168 e. The molecule has 2 aromatic heterocycles. The second kappa shape index (κ2) is 2.60. The first-order valence-corrected chi connectivity index (χ1v) is 3.77. The number of aldehydes is 1. The van der Waals surface area contributed by atoms with Crippen LogP contribution < -0.4 is 0 Å². The number of hydrogen-bond donors (Lipinski definition) is 0. The van der Waals surface area contributed by atoms with Gasteiger partial charge in [-0.05, 0) is 12.1 Å². The van der Waals surface area contributed by atoms with E-state index in [0.29, 0.717) is 16.4 Å². The molecule has 0 atom stereocenters. The van der Waals surface area contributed by atoms with E-state index < -0.39 is 0 Å². The molecule has 0 bridgehead atoms. The van der Waals surface area contributed by atoms with Crippen molar-refractivity contribution < 1.29 is 4.79 Å². The fraction of sp³-hybridized carbons (Fsp3) is 0. The molecule has 0 fully saturated rings. The zero-order chi connectivity index (χ0) is 8.55.